The van der Waals surface area contributed by atoms with Crippen molar-refractivity contribution in [1.82, 2.24) is 0 Å². The Kier molecular flexibility index (Phi) is 4.89. The number of nitro groups is 1. The fraction of sp³-hybridized carbons (Fsp3) is 0.222. The third kappa shape index (κ3) is 3.61. The van der Waals surface area contributed by atoms with Crippen LogP contribution in [0.25, 0.3) is 0 Å². The molecule has 0 atom stereocenters. The zero-order valence-corrected chi connectivity index (χ0v) is 9.72. The predicted octanol–water partition coefficient (Wildman–Crippen LogP) is 2.87. The van der Waals surface area contributed by atoms with Gasteiger partial charge in [-0.3, -0.25) is 10.1 Å². The smallest absolute Gasteiger partial charge is 0.292 e. The van der Waals surface area contributed by atoms with Crippen molar-refractivity contribution in [3.05, 3.63) is 33.3 Å². The van der Waals surface area contributed by atoms with Gasteiger partial charge in [-0.2, -0.15) is 5.26 Å². The molecule has 0 saturated heterocycles. The number of nitrogens with one attached hydrogen (secondary N) is 1. The number of benzene rings is 1. The highest BCUT2D eigenvalue weighted by atomic mass is 35.5. The largest absolute Gasteiger partial charge is 0.379 e. The highest BCUT2D eigenvalue weighted by Gasteiger charge is 2.12. The average molecular weight is 258 g/mol. The van der Waals surface area contributed by atoms with E-state index in [-0.39, 0.29) is 5.69 Å². The summed E-state index contributed by atoms with van der Waals surface area (Å²) < 4.78 is 0. The third-order valence-corrected chi connectivity index (χ3v) is 2.51. The van der Waals surface area contributed by atoms with Crippen LogP contribution >= 0.6 is 23.4 Å². The summed E-state index contributed by atoms with van der Waals surface area (Å²) in [6, 6.07) is 4.31. The van der Waals surface area contributed by atoms with Gasteiger partial charge in [-0.1, -0.05) is 11.6 Å². The molecule has 1 N–H and O–H groups in total. The molecule has 0 radical (unpaired) electrons. The Morgan fingerprint density at radius 1 is 1.62 bits per heavy atom. The van der Waals surface area contributed by atoms with Crippen LogP contribution in [-0.4, -0.2) is 17.2 Å². The van der Waals surface area contributed by atoms with Gasteiger partial charge in [0.05, 0.1) is 4.92 Å². The molecule has 1 aromatic carbocycles. The molecule has 5 nitrogen and oxygen atoms in total. The minimum atomic E-state index is -0.476. The van der Waals surface area contributed by atoms with E-state index in [0.717, 1.165) is 11.8 Å². The molecule has 84 valence electrons. The van der Waals surface area contributed by atoms with Crippen LogP contribution in [0, 0.1) is 20.8 Å². The van der Waals surface area contributed by atoms with Crippen molar-refractivity contribution in [1.29, 1.82) is 5.26 Å². The lowest BCUT2D eigenvalue weighted by atomic mass is 10.2. The molecule has 16 heavy (non-hydrogen) atoms. The Bertz CT molecular complexity index is 433. The van der Waals surface area contributed by atoms with Gasteiger partial charge in [0, 0.05) is 23.4 Å². The summed E-state index contributed by atoms with van der Waals surface area (Å²) in [4.78, 5) is 10.2. The normalized spacial score (nSPS) is 9.50. The SMILES string of the molecule is N#CSCCNc1cc(Cl)ccc1[N+](=O)[O-]. The van der Waals surface area contributed by atoms with Crippen molar-refractivity contribution in [3.63, 3.8) is 0 Å². The van der Waals surface area contributed by atoms with E-state index in [1.165, 1.54) is 18.2 Å². The quantitative estimate of drug-likeness (QED) is 0.380. The number of halogens is 1. The summed E-state index contributed by atoms with van der Waals surface area (Å²) in [5, 5.41) is 24.2. The van der Waals surface area contributed by atoms with E-state index < -0.39 is 4.92 Å². The summed E-state index contributed by atoms with van der Waals surface area (Å²) in [6.07, 6.45) is 0. The van der Waals surface area contributed by atoms with Crippen LogP contribution in [-0.2, 0) is 0 Å². The summed E-state index contributed by atoms with van der Waals surface area (Å²) >= 11 is 6.83. The van der Waals surface area contributed by atoms with E-state index in [4.69, 9.17) is 16.9 Å². The molecule has 0 spiro atoms. The Balaban J connectivity index is 2.73. The van der Waals surface area contributed by atoms with Crippen molar-refractivity contribution in [2.75, 3.05) is 17.6 Å². The van der Waals surface area contributed by atoms with Gasteiger partial charge in [0.25, 0.3) is 5.69 Å². The van der Waals surface area contributed by atoms with Crippen molar-refractivity contribution < 1.29 is 4.92 Å². The highest BCUT2D eigenvalue weighted by Crippen LogP contribution is 2.27. The fourth-order valence-electron chi connectivity index (χ4n) is 1.09. The van der Waals surface area contributed by atoms with E-state index in [1.807, 2.05) is 5.40 Å². The van der Waals surface area contributed by atoms with Gasteiger partial charge >= 0.3 is 0 Å². The molecule has 1 rings (SSSR count). The number of thioether (sulfide) groups is 1. The van der Waals surface area contributed by atoms with Gasteiger partial charge in [-0.25, -0.2) is 0 Å². The Hall–Kier alpha value is -1.45. The average Bonchev–Trinajstić information content (AvgIpc) is 2.24. The second-order valence-electron chi connectivity index (χ2n) is 2.79. The van der Waals surface area contributed by atoms with Crippen molar-refractivity contribution in [2.24, 2.45) is 0 Å². The number of rotatable bonds is 5. The van der Waals surface area contributed by atoms with Crippen LogP contribution in [0.4, 0.5) is 11.4 Å². The van der Waals surface area contributed by atoms with Gasteiger partial charge in [-0.05, 0) is 23.9 Å². The topological polar surface area (TPSA) is 79.0 Å². The highest BCUT2D eigenvalue weighted by molar-refractivity contribution is 8.03. The van der Waals surface area contributed by atoms with Crippen LogP contribution in [0.5, 0.6) is 0 Å². The molecular formula is C9H8ClN3O2S. The summed E-state index contributed by atoms with van der Waals surface area (Å²) in [5.41, 5.74) is 0.349. The maximum atomic E-state index is 10.7. The molecule has 0 aliphatic carbocycles. The summed E-state index contributed by atoms with van der Waals surface area (Å²) in [5.74, 6) is 0.556. The van der Waals surface area contributed by atoms with Gasteiger partial charge in [-0.15, -0.1) is 0 Å². The third-order valence-electron chi connectivity index (χ3n) is 1.74. The van der Waals surface area contributed by atoms with Crippen LogP contribution in [0.3, 0.4) is 0 Å². The predicted molar refractivity (Wildman–Crippen MR) is 64.7 cm³/mol. The van der Waals surface area contributed by atoms with Gasteiger partial charge in [0.15, 0.2) is 0 Å². The van der Waals surface area contributed by atoms with E-state index in [1.54, 1.807) is 0 Å². The first-order chi connectivity index (χ1) is 7.65. The van der Waals surface area contributed by atoms with Crippen LogP contribution < -0.4 is 5.32 Å². The van der Waals surface area contributed by atoms with E-state index in [0.29, 0.717) is 23.0 Å². The second-order valence-corrected chi connectivity index (χ2v) is 4.10. The number of anilines is 1. The second kappa shape index (κ2) is 6.20. The number of nitro benzene ring substituents is 1. The number of hydrogen-bond donors (Lipinski definition) is 1. The molecule has 0 fully saturated rings. The summed E-state index contributed by atoms with van der Waals surface area (Å²) in [7, 11) is 0. The Labute approximate surface area is 102 Å². The number of nitriles is 1. The van der Waals surface area contributed by atoms with E-state index in [9.17, 15) is 10.1 Å². The Morgan fingerprint density at radius 2 is 2.38 bits per heavy atom. The maximum Gasteiger partial charge on any atom is 0.292 e. The van der Waals surface area contributed by atoms with E-state index in [2.05, 4.69) is 5.32 Å². The molecule has 0 bridgehead atoms. The lowest BCUT2D eigenvalue weighted by Gasteiger charge is -2.05. The fourth-order valence-corrected chi connectivity index (χ4v) is 1.56. The standard InChI is InChI=1S/C9H8ClN3O2S/c10-7-1-2-9(13(14)15)8(5-7)12-3-4-16-6-11/h1-2,5,12H,3-4H2. The first-order valence-electron chi connectivity index (χ1n) is 4.34. The lowest BCUT2D eigenvalue weighted by molar-refractivity contribution is -0.384. The molecule has 1 aromatic rings. The molecular weight excluding hydrogens is 250 g/mol. The zero-order valence-electron chi connectivity index (χ0n) is 8.14. The lowest BCUT2D eigenvalue weighted by Crippen LogP contribution is -2.05. The molecule has 7 heteroatoms. The molecule has 0 aliphatic heterocycles. The molecule has 0 heterocycles. The maximum absolute atomic E-state index is 10.7. The summed E-state index contributed by atoms with van der Waals surface area (Å²) in [6.45, 7) is 0.472. The van der Waals surface area contributed by atoms with Crippen LogP contribution in [0.15, 0.2) is 18.2 Å². The first kappa shape index (κ1) is 12.6. The van der Waals surface area contributed by atoms with Crippen LogP contribution in [0.2, 0.25) is 5.02 Å². The van der Waals surface area contributed by atoms with Crippen molar-refractivity contribution in [2.45, 2.75) is 0 Å². The molecule has 0 aromatic heterocycles. The van der Waals surface area contributed by atoms with Crippen molar-refractivity contribution in [3.8, 4) is 5.40 Å². The van der Waals surface area contributed by atoms with E-state index >= 15 is 0 Å². The van der Waals surface area contributed by atoms with Gasteiger partial charge < -0.3 is 5.32 Å². The number of hydrogen-bond acceptors (Lipinski definition) is 5. The monoisotopic (exact) mass is 257 g/mol. The number of thiocyanates is 1. The number of nitrogens with zero attached hydrogens (tertiary/aromatic N) is 2. The molecule has 0 saturated carbocycles. The zero-order chi connectivity index (χ0) is 12.0. The molecule has 0 amide bonds. The van der Waals surface area contributed by atoms with Gasteiger partial charge in [0.2, 0.25) is 0 Å². The van der Waals surface area contributed by atoms with Crippen LogP contribution in [0.1, 0.15) is 0 Å². The minimum absolute atomic E-state index is 0.0219. The first-order valence-corrected chi connectivity index (χ1v) is 5.70. The molecule has 0 unspecified atom stereocenters. The minimum Gasteiger partial charge on any atom is -0.379 e. The molecule has 0 aliphatic rings. The Morgan fingerprint density at radius 3 is 3.00 bits per heavy atom. The van der Waals surface area contributed by atoms with Gasteiger partial charge in [0.1, 0.15) is 11.1 Å². The van der Waals surface area contributed by atoms with Crippen molar-refractivity contribution >= 4 is 34.7 Å².